The second kappa shape index (κ2) is 3.80. The highest BCUT2D eigenvalue weighted by Crippen LogP contribution is 2.18. The lowest BCUT2D eigenvalue weighted by Crippen LogP contribution is -2.53. The fraction of sp³-hybridized carbons (Fsp3) is 0.556. The summed E-state index contributed by atoms with van der Waals surface area (Å²) < 4.78 is 7.07. The van der Waals surface area contributed by atoms with Gasteiger partial charge in [0.15, 0.2) is 5.75 Å². The van der Waals surface area contributed by atoms with Crippen molar-refractivity contribution in [2.24, 2.45) is 7.05 Å². The number of nitrogens with zero attached hydrogens (tertiary/aromatic N) is 3. The minimum atomic E-state index is -0.874. The highest BCUT2D eigenvalue weighted by atomic mass is 16.5. The van der Waals surface area contributed by atoms with Gasteiger partial charge in [-0.05, 0) is 6.42 Å². The van der Waals surface area contributed by atoms with Gasteiger partial charge in [-0.15, -0.1) is 0 Å². The average molecular weight is 211 g/mol. The van der Waals surface area contributed by atoms with Crippen LogP contribution in [0.3, 0.4) is 0 Å². The summed E-state index contributed by atoms with van der Waals surface area (Å²) in [6.45, 7) is 1.01. The van der Waals surface area contributed by atoms with Crippen molar-refractivity contribution in [1.82, 2.24) is 14.7 Å². The molecule has 2 rings (SSSR count). The number of amides is 1. The maximum Gasteiger partial charge on any atom is 0.407 e. The molecule has 2 heterocycles. The van der Waals surface area contributed by atoms with Crippen molar-refractivity contribution in [3.8, 4) is 5.75 Å². The minimum Gasteiger partial charge on any atom is -0.488 e. The summed E-state index contributed by atoms with van der Waals surface area (Å²) in [5.41, 5.74) is 0. The van der Waals surface area contributed by atoms with Gasteiger partial charge in [0.25, 0.3) is 0 Å². The lowest BCUT2D eigenvalue weighted by Gasteiger charge is -2.38. The molecule has 1 unspecified atom stereocenters. The number of aryl methyl sites for hydroxylation is 1. The molecular formula is C9H13N3O3. The molecule has 1 fully saturated rings. The van der Waals surface area contributed by atoms with Crippen molar-refractivity contribution in [2.75, 3.05) is 13.2 Å². The van der Waals surface area contributed by atoms with E-state index < -0.39 is 6.09 Å². The number of carboxylic acid groups (broad SMARTS) is 1. The Labute approximate surface area is 87.1 Å². The van der Waals surface area contributed by atoms with Crippen LogP contribution in [0.15, 0.2) is 12.4 Å². The Bertz CT molecular complexity index is 363. The van der Waals surface area contributed by atoms with Gasteiger partial charge >= 0.3 is 6.09 Å². The summed E-state index contributed by atoms with van der Waals surface area (Å²) >= 11 is 0. The van der Waals surface area contributed by atoms with Gasteiger partial charge in [0.05, 0.1) is 18.4 Å². The number of hydrogen-bond donors (Lipinski definition) is 1. The Balaban J connectivity index is 1.81. The number of carbonyl (C=O) groups is 1. The fourth-order valence-electron chi connectivity index (χ4n) is 1.53. The van der Waals surface area contributed by atoms with Gasteiger partial charge in [-0.25, -0.2) is 4.79 Å². The zero-order valence-corrected chi connectivity index (χ0v) is 8.46. The first kappa shape index (κ1) is 9.82. The van der Waals surface area contributed by atoms with E-state index in [9.17, 15) is 4.79 Å². The molecule has 0 aromatic carbocycles. The molecule has 1 aromatic heterocycles. The molecule has 1 atom stereocenters. The molecule has 1 saturated heterocycles. The van der Waals surface area contributed by atoms with Crippen LogP contribution in [0, 0.1) is 0 Å². The first-order valence-electron chi connectivity index (χ1n) is 4.78. The molecule has 1 aliphatic rings. The van der Waals surface area contributed by atoms with Crippen molar-refractivity contribution >= 4 is 6.09 Å². The van der Waals surface area contributed by atoms with Gasteiger partial charge < -0.3 is 14.7 Å². The van der Waals surface area contributed by atoms with Crippen LogP contribution in [0.2, 0.25) is 0 Å². The third-order valence-electron chi connectivity index (χ3n) is 2.51. The summed E-state index contributed by atoms with van der Waals surface area (Å²) in [6.07, 6.45) is 3.36. The standard InChI is InChI=1S/C9H13N3O3/c1-11-5-8(4-10-11)15-6-7-2-3-12(7)9(13)14/h4-5,7H,2-3,6H2,1H3,(H,13,14). The van der Waals surface area contributed by atoms with E-state index in [-0.39, 0.29) is 6.04 Å². The van der Waals surface area contributed by atoms with E-state index in [2.05, 4.69) is 5.10 Å². The van der Waals surface area contributed by atoms with Crippen molar-refractivity contribution in [3.05, 3.63) is 12.4 Å². The van der Waals surface area contributed by atoms with E-state index in [1.165, 1.54) is 4.90 Å². The summed E-state index contributed by atoms with van der Waals surface area (Å²) in [5.74, 6) is 0.676. The molecule has 15 heavy (non-hydrogen) atoms. The lowest BCUT2D eigenvalue weighted by molar-refractivity contribution is 0.0499. The molecule has 0 radical (unpaired) electrons. The van der Waals surface area contributed by atoms with Gasteiger partial charge in [0.1, 0.15) is 6.61 Å². The molecule has 1 aliphatic heterocycles. The normalized spacial score (nSPS) is 19.8. The van der Waals surface area contributed by atoms with Gasteiger partial charge in [-0.1, -0.05) is 0 Å². The van der Waals surface area contributed by atoms with Crippen molar-refractivity contribution in [3.63, 3.8) is 0 Å². The van der Waals surface area contributed by atoms with Crippen molar-refractivity contribution in [2.45, 2.75) is 12.5 Å². The molecule has 1 aromatic rings. The van der Waals surface area contributed by atoms with Gasteiger partial charge in [0.2, 0.25) is 0 Å². The smallest absolute Gasteiger partial charge is 0.407 e. The first-order chi connectivity index (χ1) is 7.16. The highest BCUT2D eigenvalue weighted by molar-refractivity contribution is 5.66. The average Bonchev–Trinajstić information content (AvgIpc) is 2.48. The quantitative estimate of drug-likeness (QED) is 0.792. The van der Waals surface area contributed by atoms with Gasteiger partial charge in [-0.2, -0.15) is 5.10 Å². The van der Waals surface area contributed by atoms with E-state index >= 15 is 0 Å². The van der Waals surface area contributed by atoms with E-state index in [1.807, 2.05) is 0 Å². The highest BCUT2D eigenvalue weighted by Gasteiger charge is 2.32. The van der Waals surface area contributed by atoms with Crippen LogP contribution < -0.4 is 4.74 Å². The van der Waals surface area contributed by atoms with Gasteiger partial charge in [-0.3, -0.25) is 4.68 Å². The molecular weight excluding hydrogens is 198 g/mol. The third-order valence-corrected chi connectivity index (χ3v) is 2.51. The van der Waals surface area contributed by atoms with E-state index in [4.69, 9.17) is 9.84 Å². The Kier molecular flexibility index (Phi) is 2.49. The van der Waals surface area contributed by atoms with E-state index in [0.29, 0.717) is 18.9 Å². The number of likely N-dealkylation sites (tertiary alicyclic amines) is 1. The van der Waals surface area contributed by atoms with E-state index in [1.54, 1.807) is 24.1 Å². The topological polar surface area (TPSA) is 67.6 Å². The lowest BCUT2D eigenvalue weighted by atomic mass is 10.1. The predicted octanol–water partition coefficient (Wildman–Crippen LogP) is 0.551. The zero-order chi connectivity index (χ0) is 10.8. The van der Waals surface area contributed by atoms with Crippen LogP contribution in [-0.4, -0.2) is 45.1 Å². The monoisotopic (exact) mass is 211 g/mol. The number of rotatable bonds is 3. The summed E-state index contributed by atoms with van der Waals surface area (Å²) in [5, 5.41) is 12.7. The molecule has 0 bridgehead atoms. The molecule has 0 aliphatic carbocycles. The van der Waals surface area contributed by atoms with E-state index in [0.717, 1.165) is 6.42 Å². The van der Waals surface area contributed by atoms with Crippen LogP contribution in [0.1, 0.15) is 6.42 Å². The molecule has 6 heteroatoms. The number of hydrogen-bond acceptors (Lipinski definition) is 3. The second-order valence-electron chi connectivity index (χ2n) is 3.58. The zero-order valence-electron chi connectivity index (χ0n) is 8.46. The number of ether oxygens (including phenoxy) is 1. The van der Waals surface area contributed by atoms with Crippen LogP contribution in [-0.2, 0) is 7.05 Å². The minimum absolute atomic E-state index is 0.0114. The molecule has 1 amide bonds. The molecule has 0 saturated carbocycles. The summed E-state index contributed by atoms with van der Waals surface area (Å²) in [4.78, 5) is 12.0. The number of aromatic nitrogens is 2. The first-order valence-corrected chi connectivity index (χ1v) is 4.78. The fourth-order valence-corrected chi connectivity index (χ4v) is 1.53. The molecule has 1 N–H and O–H groups in total. The Morgan fingerprint density at radius 3 is 3.07 bits per heavy atom. The summed E-state index contributed by atoms with van der Waals surface area (Å²) in [7, 11) is 1.81. The van der Waals surface area contributed by atoms with Crippen molar-refractivity contribution in [1.29, 1.82) is 0 Å². The Hall–Kier alpha value is -1.72. The van der Waals surface area contributed by atoms with Crippen molar-refractivity contribution < 1.29 is 14.6 Å². The van der Waals surface area contributed by atoms with Crippen LogP contribution in [0.5, 0.6) is 5.75 Å². The maximum atomic E-state index is 10.7. The third kappa shape index (κ3) is 2.03. The second-order valence-corrected chi connectivity index (χ2v) is 3.58. The molecule has 6 nitrogen and oxygen atoms in total. The van der Waals surface area contributed by atoms with Crippen LogP contribution in [0.4, 0.5) is 4.79 Å². The maximum absolute atomic E-state index is 10.7. The predicted molar refractivity (Wildman–Crippen MR) is 51.8 cm³/mol. The molecule has 0 spiro atoms. The van der Waals surface area contributed by atoms with Crippen LogP contribution in [0.25, 0.3) is 0 Å². The molecule has 82 valence electrons. The Morgan fingerprint density at radius 1 is 1.80 bits per heavy atom. The largest absolute Gasteiger partial charge is 0.488 e. The Morgan fingerprint density at radius 2 is 2.60 bits per heavy atom. The van der Waals surface area contributed by atoms with Gasteiger partial charge in [0, 0.05) is 13.6 Å². The summed E-state index contributed by atoms with van der Waals surface area (Å²) in [6, 6.07) is -0.0114. The van der Waals surface area contributed by atoms with Crippen LogP contribution >= 0.6 is 0 Å². The SMILES string of the molecule is Cn1cc(OCC2CCN2C(=O)O)cn1.